The van der Waals surface area contributed by atoms with Crippen molar-refractivity contribution in [3.8, 4) is 0 Å². The average Bonchev–Trinajstić information content (AvgIpc) is 2.93. The van der Waals surface area contributed by atoms with E-state index in [0.717, 1.165) is 11.4 Å². The van der Waals surface area contributed by atoms with Gasteiger partial charge in [-0.1, -0.05) is 48.2 Å². The number of carbonyl (C=O) groups excluding carboxylic acids is 2. The van der Waals surface area contributed by atoms with Crippen molar-refractivity contribution in [2.75, 3.05) is 7.05 Å². The molecular weight excluding hydrogens is 326 g/mol. The second kappa shape index (κ2) is 8.30. The summed E-state index contributed by atoms with van der Waals surface area (Å²) in [5, 5.41) is 12.8. The van der Waals surface area contributed by atoms with Crippen molar-refractivity contribution in [1.82, 2.24) is 25.4 Å². The molecule has 3 amide bonds. The molecule has 0 saturated heterocycles. The second-order valence-corrected chi connectivity index (χ2v) is 5.98. The molecule has 2 aromatic rings. The minimum Gasteiger partial charge on any atom is -0.341 e. The number of nitrogens with one attached hydrogen (secondary N) is 2. The molecule has 0 radical (unpaired) electrons. The van der Waals surface area contributed by atoms with Gasteiger partial charge in [-0.05, 0) is 12.5 Å². The van der Waals surface area contributed by atoms with Crippen LogP contribution in [0.3, 0.4) is 0 Å². The zero-order chi connectivity index (χ0) is 17.5. The van der Waals surface area contributed by atoms with Gasteiger partial charge in [-0.2, -0.15) is 0 Å². The molecule has 1 heterocycles. The van der Waals surface area contributed by atoms with Gasteiger partial charge in [-0.3, -0.25) is 10.1 Å². The van der Waals surface area contributed by atoms with Crippen molar-refractivity contribution < 1.29 is 9.59 Å². The number of thioether (sulfide) groups is 1. The van der Waals surface area contributed by atoms with Gasteiger partial charge in [-0.15, -0.1) is 16.8 Å². The van der Waals surface area contributed by atoms with Crippen molar-refractivity contribution in [2.45, 2.75) is 23.9 Å². The van der Waals surface area contributed by atoms with E-state index in [0.29, 0.717) is 11.7 Å². The molecule has 7 nitrogen and oxygen atoms in total. The van der Waals surface area contributed by atoms with Gasteiger partial charge in [0.05, 0.1) is 0 Å². The highest BCUT2D eigenvalue weighted by molar-refractivity contribution is 8.00. The number of urea groups is 1. The summed E-state index contributed by atoms with van der Waals surface area (Å²) >= 11 is 1.24. The summed E-state index contributed by atoms with van der Waals surface area (Å²) in [7, 11) is 1.46. The number of aromatic nitrogens is 3. The second-order valence-electron chi connectivity index (χ2n) is 4.91. The fourth-order valence-corrected chi connectivity index (χ4v) is 3.13. The van der Waals surface area contributed by atoms with Crippen LogP contribution in [-0.4, -0.2) is 33.8 Å². The molecule has 126 valence electrons. The van der Waals surface area contributed by atoms with E-state index in [2.05, 4.69) is 27.4 Å². The molecular formula is C16H19N5O2S. The van der Waals surface area contributed by atoms with Crippen LogP contribution in [0.15, 0.2) is 48.1 Å². The molecule has 0 spiro atoms. The number of hydrogen-bond donors (Lipinski definition) is 2. The molecule has 0 aliphatic heterocycles. The van der Waals surface area contributed by atoms with Gasteiger partial charge in [0.2, 0.25) is 5.91 Å². The van der Waals surface area contributed by atoms with Gasteiger partial charge in [0.1, 0.15) is 11.1 Å². The van der Waals surface area contributed by atoms with Crippen LogP contribution in [0.4, 0.5) is 4.79 Å². The number of carbonyl (C=O) groups is 2. The first-order valence-corrected chi connectivity index (χ1v) is 8.19. The molecule has 24 heavy (non-hydrogen) atoms. The summed E-state index contributed by atoms with van der Waals surface area (Å²) in [5.74, 6) is 0.312. The van der Waals surface area contributed by atoms with Crippen LogP contribution in [0.25, 0.3) is 0 Å². The van der Waals surface area contributed by atoms with Crippen LogP contribution in [0.2, 0.25) is 0 Å². The predicted molar refractivity (Wildman–Crippen MR) is 92.6 cm³/mol. The van der Waals surface area contributed by atoms with E-state index in [9.17, 15) is 9.59 Å². The SMILES string of the molecule is C=CCn1c(C)nnc1S[C@H](C(=O)NC(=O)NC)c1ccccc1. The molecule has 8 heteroatoms. The van der Waals surface area contributed by atoms with Gasteiger partial charge in [0.25, 0.3) is 0 Å². The highest BCUT2D eigenvalue weighted by atomic mass is 32.2. The van der Waals surface area contributed by atoms with Crippen LogP contribution >= 0.6 is 11.8 Å². The van der Waals surface area contributed by atoms with Gasteiger partial charge >= 0.3 is 6.03 Å². The zero-order valence-electron chi connectivity index (χ0n) is 13.5. The van der Waals surface area contributed by atoms with E-state index >= 15 is 0 Å². The molecule has 2 rings (SSSR count). The number of imide groups is 1. The Morgan fingerprint density at radius 1 is 1.33 bits per heavy atom. The fraction of sp³-hybridized carbons (Fsp3) is 0.250. The Kier molecular flexibility index (Phi) is 6.14. The first-order valence-electron chi connectivity index (χ1n) is 7.31. The lowest BCUT2D eigenvalue weighted by molar-refractivity contribution is -0.119. The molecule has 2 N–H and O–H groups in total. The lowest BCUT2D eigenvalue weighted by Crippen LogP contribution is -2.39. The maximum atomic E-state index is 12.5. The zero-order valence-corrected chi connectivity index (χ0v) is 14.3. The van der Waals surface area contributed by atoms with E-state index in [-0.39, 0.29) is 0 Å². The van der Waals surface area contributed by atoms with Gasteiger partial charge < -0.3 is 9.88 Å². The Balaban J connectivity index is 2.31. The molecule has 0 saturated carbocycles. The Hall–Kier alpha value is -2.61. The van der Waals surface area contributed by atoms with Crippen LogP contribution < -0.4 is 10.6 Å². The number of rotatable bonds is 6. The van der Waals surface area contributed by atoms with Crippen LogP contribution in [0.5, 0.6) is 0 Å². The van der Waals surface area contributed by atoms with E-state index in [4.69, 9.17) is 0 Å². The molecule has 0 aliphatic rings. The number of benzene rings is 1. The molecule has 0 aliphatic carbocycles. The van der Waals surface area contributed by atoms with Crippen molar-refractivity contribution in [2.24, 2.45) is 0 Å². The molecule has 0 unspecified atom stereocenters. The Bertz CT molecular complexity index is 729. The average molecular weight is 345 g/mol. The normalized spacial score (nSPS) is 11.6. The summed E-state index contributed by atoms with van der Waals surface area (Å²) in [5.41, 5.74) is 0.773. The van der Waals surface area contributed by atoms with Crippen molar-refractivity contribution in [3.05, 3.63) is 54.4 Å². The van der Waals surface area contributed by atoms with Crippen molar-refractivity contribution in [1.29, 1.82) is 0 Å². The number of hydrogen-bond acceptors (Lipinski definition) is 5. The quantitative estimate of drug-likeness (QED) is 0.618. The maximum Gasteiger partial charge on any atom is 0.321 e. The summed E-state index contributed by atoms with van der Waals surface area (Å²) < 4.78 is 1.86. The summed E-state index contributed by atoms with van der Waals surface area (Å²) in [6.45, 7) is 6.10. The fourth-order valence-electron chi connectivity index (χ4n) is 2.03. The minimum atomic E-state index is -0.629. The van der Waals surface area contributed by atoms with Crippen molar-refractivity contribution >= 4 is 23.7 Å². The Morgan fingerprint density at radius 3 is 2.67 bits per heavy atom. The standard InChI is InChI=1S/C16H19N5O2S/c1-4-10-21-11(2)19-20-16(21)24-13(12-8-6-5-7-9-12)14(22)18-15(23)17-3/h4-9,13H,1,10H2,2-3H3,(H2,17,18,22,23)/t13-/m0/s1. The smallest absolute Gasteiger partial charge is 0.321 e. The van der Waals surface area contributed by atoms with E-state index in [1.807, 2.05) is 41.8 Å². The third-order valence-electron chi connectivity index (χ3n) is 3.24. The number of allylic oxidation sites excluding steroid dienone is 1. The van der Waals surface area contributed by atoms with Crippen molar-refractivity contribution in [3.63, 3.8) is 0 Å². The minimum absolute atomic E-state index is 0.420. The number of aryl methyl sites for hydroxylation is 1. The summed E-state index contributed by atoms with van der Waals surface area (Å²) in [6, 6.07) is 8.67. The highest BCUT2D eigenvalue weighted by Gasteiger charge is 2.26. The van der Waals surface area contributed by atoms with Gasteiger partial charge in [0, 0.05) is 13.6 Å². The third kappa shape index (κ3) is 4.23. The predicted octanol–water partition coefficient (Wildman–Crippen LogP) is 2.06. The van der Waals surface area contributed by atoms with Crippen LogP contribution in [0, 0.1) is 6.92 Å². The monoisotopic (exact) mass is 345 g/mol. The summed E-state index contributed by atoms with van der Waals surface area (Å²) in [6.07, 6.45) is 1.74. The first kappa shape index (κ1) is 17.7. The van der Waals surface area contributed by atoms with E-state index in [1.54, 1.807) is 6.08 Å². The molecule has 1 aromatic carbocycles. The molecule has 1 aromatic heterocycles. The van der Waals surface area contributed by atoms with Gasteiger partial charge in [0.15, 0.2) is 5.16 Å². The summed E-state index contributed by atoms with van der Waals surface area (Å²) in [4.78, 5) is 24.0. The largest absolute Gasteiger partial charge is 0.341 e. The molecule has 0 bridgehead atoms. The molecule has 1 atom stereocenters. The Labute approximate surface area is 144 Å². The van der Waals surface area contributed by atoms with E-state index < -0.39 is 17.2 Å². The maximum absolute atomic E-state index is 12.5. The lowest BCUT2D eigenvalue weighted by atomic mass is 10.1. The highest BCUT2D eigenvalue weighted by Crippen LogP contribution is 2.34. The lowest BCUT2D eigenvalue weighted by Gasteiger charge is -2.16. The topological polar surface area (TPSA) is 88.9 Å². The number of amides is 3. The van der Waals surface area contributed by atoms with Gasteiger partial charge in [-0.25, -0.2) is 4.79 Å². The van der Waals surface area contributed by atoms with E-state index in [1.165, 1.54) is 18.8 Å². The third-order valence-corrected chi connectivity index (χ3v) is 4.48. The molecule has 0 fully saturated rings. The Morgan fingerprint density at radius 2 is 2.04 bits per heavy atom. The number of nitrogens with zero attached hydrogens (tertiary/aromatic N) is 3. The van der Waals surface area contributed by atoms with Crippen LogP contribution in [0.1, 0.15) is 16.6 Å². The van der Waals surface area contributed by atoms with Crippen LogP contribution in [-0.2, 0) is 11.3 Å². The first-order chi connectivity index (χ1) is 11.6.